The SMILES string of the molecule is COc1ccc(Cl)c(/C(O)=C2\C(=O)C(=O)N(c3cccc(C)c3)C2c2sccc2C)c1. The van der Waals surface area contributed by atoms with Gasteiger partial charge in [-0.15, -0.1) is 11.3 Å². The van der Waals surface area contributed by atoms with E-state index in [4.69, 9.17) is 16.3 Å². The predicted octanol–water partition coefficient (Wildman–Crippen LogP) is 5.65. The average Bonchev–Trinajstić information content (AvgIpc) is 3.28. The predicted molar refractivity (Wildman–Crippen MR) is 123 cm³/mol. The minimum absolute atomic E-state index is 0.00668. The van der Waals surface area contributed by atoms with E-state index in [9.17, 15) is 14.7 Å². The van der Waals surface area contributed by atoms with Crippen LogP contribution in [0.3, 0.4) is 0 Å². The maximum atomic E-state index is 13.2. The van der Waals surface area contributed by atoms with Crippen LogP contribution in [0.1, 0.15) is 27.6 Å². The van der Waals surface area contributed by atoms with Gasteiger partial charge in [-0.25, -0.2) is 0 Å². The van der Waals surface area contributed by atoms with Gasteiger partial charge < -0.3 is 9.84 Å². The molecule has 1 aromatic heterocycles. The molecule has 1 aliphatic heterocycles. The molecule has 1 aliphatic rings. The van der Waals surface area contributed by atoms with Crippen LogP contribution in [0, 0.1) is 13.8 Å². The number of hydrogen-bond acceptors (Lipinski definition) is 5. The molecule has 0 aliphatic carbocycles. The lowest BCUT2D eigenvalue weighted by atomic mass is 9.98. The summed E-state index contributed by atoms with van der Waals surface area (Å²) >= 11 is 7.76. The molecule has 1 saturated heterocycles. The number of hydrogen-bond donors (Lipinski definition) is 1. The van der Waals surface area contributed by atoms with Gasteiger partial charge in [-0.1, -0.05) is 23.7 Å². The molecule has 1 fully saturated rings. The van der Waals surface area contributed by atoms with Crippen molar-refractivity contribution in [2.45, 2.75) is 19.9 Å². The molecule has 158 valence electrons. The summed E-state index contributed by atoms with van der Waals surface area (Å²) in [5.74, 6) is -1.29. The van der Waals surface area contributed by atoms with Gasteiger partial charge in [-0.2, -0.15) is 0 Å². The van der Waals surface area contributed by atoms with E-state index in [1.54, 1.807) is 24.3 Å². The lowest BCUT2D eigenvalue weighted by molar-refractivity contribution is -0.132. The molecule has 0 radical (unpaired) electrons. The van der Waals surface area contributed by atoms with Crippen molar-refractivity contribution < 1.29 is 19.4 Å². The standard InChI is InChI=1S/C24H20ClNO4S/c1-13-5-4-6-15(11-13)26-20(23-14(2)9-10-31-23)19(22(28)24(26)29)21(27)17-12-16(30-3)7-8-18(17)25/h4-12,20,27H,1-3H3/b21-19+. The fourth-order valence-corrected chi connectivity index (χ4v) is 4.98. The van der Waals surface area contributed by atoms with E-state index in [-0.39, 0.29) is 21.9 Å². The van der Waals surface area contributed by atoms with Gasteiger partial charge >= 0.3 is 0 Å². The number of rotatable bonds is 4. The summed E-state index contributed by atoms with van der Waals surface area (Å²) in [4.78, 5) is 28.6. The van der Waals surface area contributed by atoms with Crippen LogP contribution in [0.15, 0.2) is 59.5 Å². The molecule has 31 heavy (non-hydrogen) atoms. The van der Waals surface area contributed by atoms with Crippen molar-refractivity contribution in [3.8, 4) is 5.75 Å². The van der Waals surface area contributed by atoms with Gasteiger partial charge in [-0.3, -0.25) is 14.5 Å². The number of carbonyl (C=O) groups is 2. The van der Waals surface area contributed by atoms with E-state index in [1.165, 1.54) is 23.3 Å². The minimum Gasteiger partial charge on any atom is -0.507 e. The highest BCUT2D eigenvalue weighted by atomic mass is 35.5. The molecule has 1 N–H and O–H groups in total. The molecule has 1 atom stereocenters. The van der Waals surface area contributed by atoms with Crippen molar-refractivity contribution in [2.75, 3.05) is 12.0 Å². The molecule has 0 spiro atoms. The zero-order chi connectivity index (χ0) is 22.3. The van der Waals surface area contributed by atoms with Crippen LogP contribution in [0.2, 0.25) is 5.02 Å². The van der Waals surface area contributed by atoms with Crippen molar-refractivity contribution in [2.24, 2.45) is 0 Å². The maximum Gasteiger partial charge on any atom is 0.300 e. The molecule has 7 heteroatoms. The fourth-order valence-electron chi connectivity index (χ4n) is 3.75. The molecule has 2 heterocycles. The second-order valence-corrected chi connectivity index (χ2v) is 8.68. The Kier molecular flexibility index (Phi) is 5.60. The summed E-state index contributed by atoms with van der Waals surface area (Å²) in [6, 6.07) is 13.3. The molecule has 2 aromatic carbocycles. The Morgan fingerprint density at radius 2 is 1.90 bits per heavy atom. The fraction of sp³-hybridized carbons (Fsp3) is 0.167. The molecule has 0 bridgehead atoms. The topological polar surface area (TPSA) is 66.8 Å². The maximum absolute atomic E-state index is 13.2. The second kappa shape index (κ2) is 8.21. The number of nitrogens with zero attached hydrogens (tertiary/aromatic N) is 1. The lowest BCUT2D eigenvalue weighted by Crippen LogP contribution is -2.29. The third-order valence-corrected chi connectivity index (χ3v) is 6.70. The van der Waals surface area contributed by atoms with E-state index in [0.717, 1.165) is 16.0 Å². The molecule has 5 nitrogen and oxygen atoms in total. The van der Waals surface area contributed by atoms with Gasteiger partial charge in [0.05, 0.1) is 17.7 Å². The number of carbonyl (C=O) groups excluding carboxylic acids is 2. The zero-order valence-corrected chi connectivity index (χ0v) is 18.8. The van der Waals surface area contributed by atoms with Crippen LogP contribution < -0.4 is 9.64 Å². The van der Waals surface area contributed by atoms with Crippen LogP contribution in [-0.2, 0) is 9.59 Å². The first-order valence-corrected chi connectivity index (χ1v) is 10.8. The number of halogens is 1. The quantitative estimate of drug-likeness (QED) is 0.315. The number of ketones is 1. The molecule has 0 saturated carbocycles. The Labute approximate surface area is 189 Å². The van der Waals surface area contributed by atoms with Gasteiger partial charge in [0, 0.05) is 16.1 Å². The number of methoxy groups -OCH3 is 1. The van der Waals surface area contributed by atoms with Gasteiger partial charge in [0.2, 0.25) is 0 Å². The number of anilines is 1. The second-order valence-electron chi connectivity index (χ2n) is 7.32. The van der Waals surface area contributed by atoms with E-state index < -0.39 is 17.7 Å². The Morgan fingerprint density at radius 3 is 2.55 bits per heavy atom. The number of thiophene rings is 1. The average molecular weight is 454 g/mol. The summed E-state index contributed by atoms with van der Waals surface area (Å²) in [6.45, 7) is 3.84. The van der Waals surface area contributed by atoms with Crippen molar-refractivity contribution in [1.82, 2.24) is 0 Å². The van der Waals surface area contributed by atoms with Crippen LogP contribution in [-0.4, -0.2) is 23.9 Å². The Balaban J connectivity index is 1.99. The summed E-state index contributed by atoms with van der Waals surface area (Å²) in [6.07, 6.45) is 0. The van der Waals surface area contributed by atoms with Crippen LogP contribution in [0.25, 0.3) is 5.76 Å². The number of amides is 1. The summed E-state index contributed by atoms with van der Waals surface area (Å²) < 4.78 is 5.24. The number of ether oxygens (including phenoxy) is 1. The normalized spacial score (nSPS) is 17.9. The number of benzene rings is 2. The monoisotopic (exact) mass is 453 g/mol. The molecule has 4 rings (SSSR count). The zero-order valence-electron chi connectivity index (χ0n) is 17.2. The van der Waals surface area contributed by atoms with Crippen molar-refractivity contribution in [1.29, 1.82) is 0 Å². The molecular weight excluding hydrogens is 434 g/mol. The first kappa shape index (κ1) is 21.2. The first-order chi connectivity index (χ1) is 14.8. The molecular formula is C24H20ClNO4S. The van der Waals surface area contributed by atoms with Crippen LogP contribution in [0.4, 0.5) is 5.69 Å². The van der Waals surface area contributed by atoms with Gasteiger partial charge in [0.15, 0.2) is 0 Å². The molecule has 1 unspecified atom stereocenters. The Hall–Kier alpha value is -3.09. The van der Waals surface area contributed by atoms with Crippen LogP contribution >= 0.6 is 22.9 Å². The third kappa shape index (κ3) is 3.62. The number of aliphatic hydroxyl groups is 1. The number of aryl methyl sites for hydroxylation is 2. The summed E-state index contributed by atoms with van der Waals surface area (Å²) in [5, 5.41) is 13.4. The summed E-state index contributed by atoms with van der Waals surface area (Å²) in [5.41, 5.74) is 2.72. The minimum atomic E-state index is -0.760. The highest BCUT2D eigenvalue weighted by molar-refractivity contribution is 7.10. The van der Waals surface area contributed by atoms with Gasteiger partial charge in [0.1, 0.15) is 17.6 Å². The third-order valence-electron chi connectivity index (χ3n) is 5.30. The number of aliphatic hydroxyl groups excluding tert-OH is 1. The van der Waals surface area contributed by atoms with Crippen LogP contribution in [0.5, 0.6) is 5.75 Å². The Bertz CT molecular complexity index is 1230. The number of Topliss-reactive ketones (excluding diaryl/α,β-unsaturated/α-hetero) is 1. The largest absolute Gasteiger partial charge is 0.507 e. The van der Waals surface area contributed by atoms with Crippen molar-refractivity contribution in [3.05, 3.63) is 86.1 Å². The van der Waals surface area contributed by atoms with E-state index >= 15 is 0 Å². The molecule has 3 aromatic rings. The van der Waals surface area contributed by atoms with Gasteiger partial charge in [0.25, 0.3) is 11.7 Å². The van der Waals surface area contributed by atoms with Crippen molar-refractivity contribution in [3.63, 3.8) is 0 Å². The summed E-state index contributed by atoms with van der Waals surface area (Å²) in [7, 11) is 1.50. The smallest absolute Gasteiger partial charge is 0.300 e. The first-order valence-electron chi connectivity index (χ1n) is 9.59. The highest BCUT2D eigenvalue weighted by Gasteiger charge is 2.48. The Morgan fingerprint density at radius 1 is 1.13 bits per heavy atom. The van der Waals surface area contributed by atoms with E-state index in [2.05, 4.69) is 0 Å². The highest BCUT2D eigenvalue weighted by Crippen LogP contribution is 2.45. The van der Waals surface area contributed by atoms with E-state index in [0.29, 0.717) is 11.4 Å². The van der Waals surface area contributed by atoms with Crippen molar-refractivity contribution >= 4 is 46.1 Å². The van der Waals surface area contributed by atoms with E-state index in [1.807, 2.05) is 43.5 Å². The molecule has 1 amide bonds. The van der Waals surface area contributed by atoms with Gasteiger partial charge in [-0.05, 0) is 66.8 Å². The lowest BCUT2D eigenvalue weighted by Gasteiger charge is -2.25.